The summed E-state index contributed by atoms with van der Waals surface area (Å²) >= 11 is 0. The van der Waals surface area contributed by atoms with Crippen molar-refractivity contribution < 1.29 is 9.47 Å². The fraction of sp³-hybridized carbons (Fsp3) is 1.00. The van der Waals surface area contributed by atoms with Gasteiger partial charge in [0.2, 0.25) is 0 Å². The zero-order valence-electron chi connectivity index (χ0n) is 8.88. The van der Waals surface area contributed by atoms with Crippen LogP contribution in [0.1, 0.15) is 19.8 Å². The second kappa shape index (κ2) is 5.58. The Labute approximate surface area is 80.8 Å². The van der Waals surface area contributed by atoms with Gasteiger partial charge in [0, 0.05) is 25.7 Å². The molecule has 0 amide bonds. The molecule has 1 N–H and O–H groups in total. The van der Waals surface area contributed by atoms with Crippen molar-refractivity contribution in [1.29, 1.82) is 0 Å². The number of rotatable bonds is 4. The predicted octanol–water partition coefficient (Wildman–Crippen LogP) is 1.04. The van der Waals surface area contributed by atoms with Crippen molar-refractivity contribution in [3.05, 3.63) is 0 Å². The number of nitrogens with one attached hydrogen (secondary N) is 1. The van der Waals surface area contributed by atoms with E-state index in [0.717, 1.165) is 26.1 Å². The van der Waals surface area contributed by atoms with E-state index in [1.54, 1.807) is 7.11 Å². The van der Waals surface area contributed by atoms with Gasteiger partial charge in [0.05, 0.1) is 12.7 Å². The summed E-state index contributed by atoms with van der Waals surface area (Å²) in [5.74, 6) is 0.501. The molecule has 0 aromatic carbocycles. The monoisotopic (exact) mass is 187 g/mol. The third-order valence-electron chi connectivity index (χ3n) is 2.79. The first-order chi connectivity index (χ1) is 6.27. The molecule has 0 saturated carbocycles. The molecule has 0 aromatic heterocycles. The zero-order chi connectivity index (χ0) is 9.68. The minimum atomic E-state index is 0.367. The Morgan fingerprint density at radius 2 is 2.38 bits per heavy atom. The minimum Gasteiger partial charge on any atom is -0.384 e. The van der Waals surface area contributed by atoms with Crippen LogP contribution in [-0.2, 0) is 9.47 Å². The second-order valence-corrected chi connectivity index (χ2v) is 3.85. The van der Waals surface area contributed by atoms with Gasteiger partial charge < -0.3 is 14.8 Å². The molecule has 1 heterocycles. The Hall–Kier alpha value is -0.120. The molecule has 0 bridgehead atoms. The number of hydrogen-bond acceptors (Lipinski definition) is 3. The molecule has 1 saturated heterocycles. The van der Waals surface area contributed by atoms with Gasteiger partial charge in [0.15, 0.2) is 0 Å². The summed E-state index contributed by atoms with van der Waals surface area (Å²) in [6.45, 7) is 3.86. The number of ether oxygens (including phenoxy) is 2. The Morgan fingerprint density at radius 3 is 3.00 bits per heavy atom. The highest BCUT2D eigenvalue weighted by Crippen LogP contribution is 2.20. The molecule has 78 valence electrons. The summed E-state index contributed by atoms with van der Waals surface area (Å²) in [5.41, 5.74) is 0. The van der Waals surface area contributed by atoms with Crippen LogP contribution in [0, 0.1) is 5.92 Å². The van der Waals surface area contributed by atoms with Crippen molar-refractivity contribution in [2.45, 2.75) is 31.9 Å². The lowest BCUT2D eigenvalue weighted by Crippen LogP contribution is -2.40. The molecule has 3 atom stereocenters. The highest BCUT2D eigenvalue weighted by atomic mass is 16.5. The zero-order valence-corrected chi connectivity index (χ0v) is 8.88. The molecule has 13 heavy (non-hydrogen) atoms. The first-order valence-electron chi connectivity index (χ1n) is 5.05. The van der Waals surface area contributed by atoms with E-state index in [1.807, 2.05) is 7.05 Å². The van der Waals surface area contributed by atoms with Gasteiger partial charge >= 0.3 is 0 Å². The van der Waals surface area contributed by atoms with E-state index >= 15 is 0 Å². The van der Waals surface area contributed by atoms with Gasteiger partial charge in [-0.05, 0) is 19.9 Å². The molecular weight excluding hydrogens is 166 g/mol. The van der Waals surface area contributed by atoms with Gasteiger partial charge in [-0.25, -0.2) is 0 Å². The van der Waals surface area contributed by atoms with Crippen LogP contribution >= 0.6 is 0 Å². The smallest absolute Gasteiger partial charge is 0.0637 e. The molecule has 3 heteroatoms. The van der Waals surface area contributed by atoms with E-state index in [-0.39, 0.29) is 0 Å². The van der Waals surface area contributed by atoms with Crippen LogP contribution in [-0.4, -0.2) is 39.5 Å². The normalized spacial score (nSPS) is 31.6. The highest BCUT2D eigenvalue weighted by molar-refractivity contribution is 4.78. The summed E-state index contributed by atoms with van der Waals surface area (Å²) in [6.07, 6.45) is 2.61. The fourth-order valence-corrected chi connectivity index (χ4v) is 1.86. The lowest BCUT2D eigenvalue weighted by atomic mass is 9.95. The molecule has 3 unspecified atom stereocenters. The molecule has 0 spiro atoms. The van der Waals surface area contributed by atoms with Crippen molar-refractivity contribution in [3.8, 4) is 0 Å². The van der Waals surface area contributed by atoms with E-state index < -0.39 is 0 Å². The van der Waals surface area contributed by atoms with E-state index in [2.05, 4.69) is 12.2 Å². The van der Waals surface area contributed by atoms with Gasteiger partial charge in [-0.1, -0.05) is 6.92 Å². The van der Waals surface area contributed by atoms with Gasteiger partial charge in [-0.15, -0.1) is 0 Å². The Kier molecular flexibility index (Phi) is 4.70. The van der Waals surface area contributed by atoms with Crippen LogP contribution in [0.25, 0.3) is 0 Å². The standard InChI is InChI=1S/C10H21NO2/c1-8(7-12-3)10-6-9(11-2)4-5-13-10/h8-11H,4-7H2,1-3H3. The maximum absolute atomic E-state index is 5.70. The van der Waals surface area contributed by atoms with Crippen LogP contribution in [0.2, 0.25) is 0 Å². The average molecular weight is 187 g/mol. The third kappa shape index (κ3) is 3.25. The van der Waals surface area contributed by atoms with E-state index in [1.165, 1.54) is 0 Å². The second-order valence-electron chi connectivity index (χ2n) is 3.85. The molecule has 0 radical (unpaired) electrons. The molecule has 0 aromatic rings. The summed E-state index contributed by atoms with van der Waals surface area (Å²) in [6, 6.07) is 0.623. The molecular formula is C10H21NO2. The Bertz CT molecular complexity index is 141. The lowest BCUT2D eigenvalue weighted by molar-refractivity contribution is -0.0448. The van der Waals surface area contributed by atoms with E-state index in [4.69, 9.17) is 9.47 Å². The van der Waals surface area contributed by atoms with Crippen LogP contribution < -0.4 is 5.32 Å². The topological polar surface area (TPSA) is 30.5 Å². The van der Waals surface area contributed by atoms with E-state index in [0.29, 0.717) is 18.1 Å². The number of methoxy groups -OCH3 is 1. The first-order valence-corrected chi connectivity index (χ1v) is 5.05. The summed E-state index contributed by atoms with van der Waals surface area (Å²) in [4.78, 5) is 0. The predicted molar refractivity (Wildman–Crippen MR) is 52.9 cm³/mol. The summed E-state index contributed by atoms with van der Waals surface area (Å²) < 4.78 is 10.8. The van der Waals surface area contributed by atoms with Crippen molar-refractivity contribution >= 4 is 0 Å². The maximum Gasteiger partial charge on any atom is 0.0637 e. The fourth-order valence-electron chi connectivity index (χ4n) is 1.86. The van der Waals surface area contributed by atoms with Crippen LogP contribution in [0.5, 0.6) is 0 Å². The Balaban J connectivity index is 2.32. The Morgan fingerprint density at radius 1 is 1.62 bits per heavy atom. The van der Waals surface area contributed by atoms with Crippen LogP contribution in [0.4, 0.5) is 0 Å². The van der Waals surface area contributed by atoms with Crippen LogP contribution in [0.3, 0.4) is 0 Å². The highest BCUT2D eigenvalue weighted by Gasteiger charge is 2.25. The molecule has 0 aliphatic carbocycles. The molecule has 1 aliphatic rings. The maximum atomic E-state index is 5.70. The van der Waals surface area contributed by atoms with Crippen molar-refractivity contribution in [1.82, 2.24) is 5.32 Å². The number of hydrogen-bond donors (Lipinski definition) is 1. The first kappa shape index (κ1) is 11.0. The van der Waals surface area contributed by atoms with Gasteiger partial charge in [-0.3, -0.25) is 0 Å². The lowest BCUT2D eigenvalue weighted by Gasteiger charge is -2.32. The molecule has 1 rings (SSSR count). The SMILES string of the molecule is CNC1CCOC(C(C)COC)C1. The average Bonchev–Trinajstić information content (AvgIpc) is 2.18. The van der Waals surface area contributed by atoms with Gasteiger partial charge in [0.25, 0.3) is 0 Å². The molecule has 3 nitrogen and oxygen atoms in total. The van der Waals surface area contributed by atoms with Crippen LogP contribution in [0.15, 0.2) is 0 Å². The van der Waals surface area contributed by atoms with Gasteiger partial charge in [-0.2, -0.15) is 0 Å². The quantitative estimate of drug-likeness (QED) is 0.713. The summed E-state index contributed by atoms with van der Waals surface area (Å²) in [7, 11) is 3.77. The molecule has 1 aliphatic heterocycles. The minimum absolute atomic E-state index is 0.367. The largest absolute Gasteiger partial charge is 0.384 e. The van der Waals surface area contributed by atoms with Crippen molar-refractivity contribution in [2.75, 3.05) is 27.4 Å². The van der Waals surface area contributed by atoms with Crippen molar-refractivity contribution in [2.24, 2.45) is 5.92 Å². The van der Waals surface area contributed by atoms with Crippen molar-refractivity contribution in [3.63, 3.8) is 0 Å². The molecule has 1 fully saturated rings. The van der Waals surface area contributed by atoms with Gasteiger partial charge in [0.1, 0.15) is 0 Å². The summed E-state index contributed by atoms with van der Waals surface area (Å²) in [5, 5.41) is 3.31. The van der Waals surface area contributed by atoms with E-state index in [9.17, 15) is 0 Å². The third-order valence-corrected chi connectivity index (χ3v) is 2.79.